The minimum atomic E-state index is 0.0752. The predicted molar refractivity (Wildman–Crippen MR) is 77.1 cm³/mol. The lowest BCUT2D eigenvalue weighted by atomic mass is 9.97. The zero-order valence-electron chi connectivity index (χ0n) is 11.5. The Morgan fingerprint density at radius 1 is 1.16 bits per heavy atom. The van der Waals surface area contributed by atoms with Crippen molar-refractivity contribution in [1.29, 1.82) is 0 Å². The molecule has 0 fully saturated rings. The molecule has 1 heterocycles. The summed E-state index contributed by atoms with van der Waals surface area (Å²) < 4.78 is 0.969. The number of hydrogen-bond acceptors (Lipinski definition) is 2. The minimum absolute atomic E-state index is 0.0752. The number of para-hydroxylation sites is 1. The zero-order valence-corrected chi connectivity index (χ0v) is 11.5. The van der Waals surface area contributed by atoms with Crippen LogP contribution in [0.2, 0.25) is 0 Å². The number of nitrogens with zero attached hydrogens (tertiary/aromatic N) is 1. The van der Waals surface area contributed by atoms with Crippen molar-refractivity contribution in [2.75, 3.05) is 0 Å². The molecule has 19 heavy (non-hydrogen) atoms. The number of Topliss-reactive ketones (excluding diaryl/α,β-unsaturated/α-hetero) is 1. The number of ketones is 1. The van der Waals surface area contributed by atoms with Gasteiger partial charge < -0.3 is 5.21 Å². The average molecular weight is 259 g/mol. The summed E-state index contributed by atoms with van der Waals surface area (Å²) in [4.78, 5) is 12.0. The number of unbranched alkanes of at least 4 members (excludes halogenated alkanes) is 4. The number of carbonyl (C=O) groups is 1. The maximum Gasteiger partial charge on any atom is 0.227 e. The zero-order chi connectivity index (χ0) is 13.7. The van der Waals surface area contributed by atoms with E-state index >= 15 is 0 Å². The van der Waals surface area contributed by atoms with E-state index in [-0.39, 0.29) is 12.2 Å². The molecule has 3 nitrogen and oxygen atoms in total. The van der Waals surface area contributed by atoms with Crippen molar-refractivity contribution >= 4 is 17.2 Å². The summed E-state index contributed by atoms with van der Waals surface area (Å²) in [7, 11) is 0. The normalized spacial score (nSPS) is 14.7. The van der Waals surface area contributed by atoms with Crippen LogP contribution in [0.3, 0.4) is 0 Å². The Balaban J connectivity index is 2.03. The molecule has 1 aliphatic heterocycles. The highest BCUT2D eigenvalue weighted by Crippen LogP contribution is 2.26. The second-order valence-corrected chi connectivity index (χ2v) is 5.14. The molecule has 0 radical (unpaired) electrons. The summed E-state index contributed by atoms with van der Waals surface area (Å²) in [5.74, 6) is 0.0752. The molecule has 0 spiro atoms. The monoisotopic (exact) mass is 259 g/mol. The van der Waals surface area contributed by atoms with Gasteiger partial charge in [0.15, 0.2) is 11.5 Å². The molecule has 0 unspecified atom stereocenters. The molecular formula is C16H21NO2. The molecular weight excluding hydrogens is 238 g/mol. The number of rotatable bonds is 6. The van der Waals surface area contributed by atoms with E-state index in [1.165, 1.54) is 19.3 Å². The first kappa shape index (κ1) is 13.8. The SMILES string of the molecule is CCCCCCCC1=[N+]([O-])c2ccccc2C(=O)C1. The van der Waals surface area contributed by atoms with Gasteiger partial charge in [0, 0.05) is 12.5 Å². The van der Waals surface area contributed by atoms with Crippen LogP contribution >= 0.6 is 0 Å². The first-order chi connectivity index (χ1) is 9.24. The van der Waals surface area contributed by atoms with Gasteiger partial charge in [0.05, 0.1) is 12.0 Å². The van der Waals surface area contributed by atoms with Crippen LogP contribution in [0.15, 0.2) is 24.3 Å². The van der Waals surface area contributed by atoms with Crippen molar-refractivity contribution < 1.29 is 9.53 Å². The fourth-order valence-corrected chi connectivity index (χ4v) is 2.53. The molecule has 2 rings (SSSR count). The van der Waals surface area contributed by atoms with E-state index < -0.39 is 0 Å². The molecule has 1 aromatic carbocycles. The van der Waals surface area contributed by atoms with Crippen LogP contribution in [0.25, 0.3) is 0 Å². The predicted octanol–water partition coefficient (Wildman–Crippen LogP) is 4.22. The van der Waals surface area contributed by atoms with Crippen LogP contribution in [0.1, 0.15) is 62.2 Å². The van der Waals surface area contributed by atoms with Crippen LogP contribution in [0.4, 0.5) is 5.69 Å². The largest absolute Gasteiger partial charge is 0.618 e. The van der Waals surface area contributed by atoms with Gasteiger partial charge >= 0.3 is 0 Å². The topological polar surface area (TPSA) is 43.1 Å². The van der Waals surface area contributed by atoms with E-state index in [1.807, 2.05) is 0 Å². The summed E-state index contributed by atoms with van der Waals surface area (Å²) in [6.45, 7) is 2.19. The van der Waals surface area contributed by atoms with E-state index in [0.29, 0.717) is 11.3 Å². The summed E-state index contributed by atoms with van der Waals surface area (Å²) in [5.41, 5.74) is 1.80. The van der Waals surface area contributed by atoms with Crippen LogP contribution in [0, 0.1) is 5.21 Å². The molecule has 3 heteroatoms. The van der Waals surface area contributed by atoms with E-state index in [9.17, 15) is 10.0 Å². The van der Waals surface area contributed by atoms with Crippen molar-refractivity contribution in [1.82, 2.24) is 0 Å². The van der Waals surface area contributed by atoms with Gasteiger partial charge in [-0.3, -0.25) is 4.79 Å². The smallest absolute Gasteiger partial charge is 0.227 e. The van der Waals surface area contributed by atoms with Gasteiger partial charge in [0.2, 0.25) is 5.69 Å². The molecule has 0 N–H and O–H groups in total. The number of benzene rings is 1. The molecule has 0 amide bonds. The van der Waals surface area contributed by atoms with Gasteiger partial charge in [0.1, 0.15) is 0 Å². The minimum Gasteiger partial charge on any atom is -0.618 e. The third-order valence-corrected chi connectivity index (χ3v) is 3.64. The van der Waals surface area contributed by atoms with Crippen molar-refractivity contribution in [2.24, 2.45) is 0 Å². The third-order valence-electron chi connectivity index (χ3n) is 3.64. The Morgan fingerprint density at radius 3 is 2.68 bits per heavy atom. The standard InChI is InChI=1S/C16H21NO2/c1-2-3-4-5-6-9-13-12-16(18)14-10-7-8-11-15(14)17(13)19/h7-8,10-11H,2-6,9,12H2,1H3. The fraction of sp³-hybridized carbons (Fsp3) is 0.500. The van der Waals surface area contributed by atoms with Crippen molar-refractivity contribution in [2.45, 2.75) is 51.9 Å². The van der Waals surface area contributed by atoms with Crippen molar-refractivity contribution in [3.8, 4) is 0 Å². The Kier molecular flexibility index (Phi) is 4.72. The van der Waals surface area contributed by atoms with E-state index in [4.69, 9.17) is 0 Å². The second-order valence-electron chi connectivity index (χ2n) is 5.14. The molecule has 0 aliphatic carbocycles. The Bertz CT molecular complexity index is 491. The molecule has 0 saturated heterocycles. The van der Waals surface area contributed by atoms with Gasteiger partial charge in [-0.15, -0.1) is 0 Å². The maximum atomic E-state index is 12.2. The number of fused-ring (bicyclic) bond motifs is 1. The average Bonchev–Trinajstić information content (AvgIpc) is 2.44. The lowest BCUT2D eigenvalue weighted by Crippen LogP contribution is -2.23. The second kappa shape index (κ2) is 6.50. The molecule has 1 aromatic rings. The molecule has 0 bridgehead atoms. The van der Waals surface area contributed by atoms with Gasteiger partial charge in [-0.25, -0.2) is 0 Å². The molecule has 0 atom stereocenters. The maximum absolute atomic E-state index is 12.2. The highest BCUT2D eigenvalue weighted by atomic mass is 16.5. The quantitative estimate of drug-likeness (QED) is 0.436. The van der Waals surface area contributed by atoms with E-state index in [0.717, 1.165) is 29.7 Å². The lowest BCUT2D eigenvalue weighted by Gasteiger charge is -2.17. The van der Waals surface area contributed by atoms with Gasteiger partial charge in [-0.05, 0) is 12.5 Å². The van der Waals surface area contributed by atoms with Crippen LogP contribution < -0.4 is 0 Å². The molecule has 102 valence electrons. The fourth-order valence-electron chi connectivity index (χ4n) is 2.53. The summed E-state index contributed by atoms with van der Waals surface area (Å²) in [5, 5.41) is 12.2. The van der Waals surface area contributed by atoms with Gasteiger partial charge in [-0.2, -0.15) is 4.74 Å². The molecule has 0 saturated carbocycles. The first-order valence-electron chi connectivity index (χ1n) is 7.18. The summed E-state index contributed by atoms with van der Waals surface area (Å²) in [6, 6.07) is 7.08. The number of carbonyl (C=O) groups excluding carboxylic acids is 1. The third kappa shape index (κ3) is 3.22. The molecule has 1 aliphatic rings. The van der Waals surface area contributed by atoms with Crippen LogP contribution in [-0.2, 0) is 0 Å². The van der Waals surface area contributed by atoms with Crippen LogP contribution in [0.5, 0.6) is 0 Å². The summed E-state index contributed by atoms with van der Waals surface area (Å²) in [6.07, 6.45) is 6.85. The first-order valence-corrected chi connectivity index (χ1v) is 7.18. The Hall–Kier alpha value is -1.64. The number of hydrogen-bond donors (Lipinski definition) is 0. The highest BCUT2D eigenvalue weighted by Gasteiger charge is 2.28. The molecule has 0 aromatic heterocycles. The van der Waals surface area contributed by atoms with Crippen molar-refractivity contribution in [3.05, 3.63) is 35.0 Å². The van der Waals surface area contributed by atoms with Gasteiger partial charge in [-0.1, -0.05) is 44.7 Å². The lowest BCUT2D eigenvalue weighted by molar-refractivity contribution is -0.365. The Labute approximate surface area is 114 Å². The van der Waals surface area contributed by atoms with E-state index in [2.05, 4.69) is 6.92 Å². The Morgan fingerprint density at radius 2 is 1.89 bits per heavy atom. The highest BCUT2D eigenvalue weighted by molar-refractivity contribution is 6.12. The van der Waals surface area contributed by atoms with Crippen molar-refractivity contribution in [3.63, 3.8) is 0 Å². The van der Waals surface area contributed by atoms with Gasteiger partial charge in [0.25, 0.3) is 0 Å². The van der Waals surface area contributed by atoms with E-state index in [1.54, 1.807) is 24.3 Å². The van der Waals surface area contributed by atoms with Crippen LogP contribution in [-0.4, -0.2) is 16.2 Å². The summed E-state index contributed by atoms with van der Waals surface area (Å²) >= 11 is 0.